The highest BCUT2D eigenvalue weighted by Gasteiger charge is 2.18. The fourth-order valence-corrected chi connectivity index (χ4v) is 2.82. The Morgan fingerprint density at radius 2 is 1.87 bits per heavy atom. The zero-order valence-electron chi connectivity index (χ0n) is 13.0. The maximum Gasteiger partial charge on any atom is 0.269 e. The Labute approximate surface area is 134 Å². The SMILES string of the molecule is CCOc1ccc(S(=O)(=O)NNC(=O)c2cc(C)oc2C)cc1. The van der Waals surface area contributed by atoms with Crippen LogP contribution < -0.4 is 15.0 Å². The molecule has 2 aromatic rings. The molecule has 23 heavy (non-hydrogen) atoms. The molecular weight excluding hydrogens is 320 g/mol. The Morgan fingerprint density at radius 3 is 2.39 bits per heavy atom. The van der Waals surface area contributed by atoms with Gasteiger partial charge in [0.05, 0.1) is 17.1 Å². The molecule has 1 amide bonds. The Bertz CT molecular complexity index is 794. The summed E-state index contributed by atoms with van der Waals surface area (Å²) in [6, 6.07) is 7.42. The molecule has 0 saturated heterocycles. The highest BCUT2D eigenvalue weighted by atomic mass is 32.2. The summed E-state index contributed by atoms with van der Waals surface area (Å²) in [4.78, 5) is 14.0. The van der Waals surface area contributed by atoms with Crippen molar-refractivity contribution in [1.82, 2.24) is 10.3 Å². The van der Waals surface area contributed by atoms with E-state index in [9.17, 15) is 13.2 Å². The van der Waals surface area contributed by atoms with Crippen LogP contribution in [0.25, 0.3) is 0 Å². The van der Waals surface area contributed by atoms with Crippen molar-refractivity contribution < 1.29 is 22.4 Å². The molecule has 1 aromatic carbocycles. The average Bonchev–Trinajstić information content (AvgIpc) is 2.84. The van der Waals surface area contributed by atoms with Crippen molar-refractivity contribution >= 4 is 15.9 Å². The van der Waals surface area contributed by atoms with Gasteiger partial charge in [-0.15, -0.1) is 4.83 Å². The zero-order valence-corrected chi connectivity index (χ0v) is 13.9. The van der Waals surface area contributed by atoms with Crippen molar-refractivity contribution in [1.29, 1.82) is 0 Å². The van der Waals surface area contributed by atoms with Gasteiger partial charge in [0, 0.05) is 0 Å². The molecule has 124 valence electrons. The summed E-state index contributed by atoms with van der Waals surface area (Å²) in [5, 5.41) is 0. The molecule has 0 aliphatic heterocycles. The molecule has 0 spiro atoms. The molecule has 2 rings (SSSR count). The number of hydrogen-bond donors (Lipinski definition) is 2. The molecule has 2 N–H and O–H groups in total. The van der Waals surface area contributed by atoms with Crippen LogP contribution >= 0.6 is 0 Å². The normalized spacial score (nSPS) is 11.3. The van der Waals surface area contributed by atoms with E-state index in [1.54, 1.807) is 26.0 Å². The number of amides is 1. The van der Waals surface area contributed by atoms with Gasteiger partial charge >= 0.3 is 0 Å². The lowest BCUT2D eigenvalue weighted by Gasteiger charge is -2.09. The Kier molecular flexibility index (Phi) is 5.07. The van der Waals surface area contributed by atoms with Gasteiger partial charge in [-0.25, -0.2) is 8.42 Å². The van der Waals surface area contributed by atoms with E-state index in [2.05, 4.69) is 10.3 Å². The van der Waals surface area contributed by atoms with Crippen molar-refractivity contribution in [2.24, 2.45) is 0 Å². The van der Waals surface area contributed by atoms with Crippen molar-refractivity contribution in [2.45, 2.75) is 25.7 Å². The molecule has 0 aliphatic carbocycles. The number of furan rings is 1. The van der Waals surface area contributed by atoms with E-state index in [0.29, 0.717) is 23.9 Å². The van der Waals surface area contributed by atoms with E-state index in [1.165, 1.54) is 18.2 Å². The van der Waals surface area contributed by atoms with Crippen LogP contribution in [-0.4, -0.2) is 20.9 Å². The van der Waals surface area contributed by atoms with Crippen molar-refractivity contribution in [3.8, 4) is 5.75 Å². The molecule has 0 bridgehead atoms. The smallest absolute Gasteiger partial charge is 0.269 e. The van der Waals surface area contributed by atoms with E-state index < -0.39 is 15.9 Å². The number of aryl methyl sites for hydroxylation is 2. The van der Waals surface area contributed by atoms with Gasteiger partial charge in [0.25, 0.3) is 15.9 Å². The molecule has 1 aromatic heterocycles. The topological polar surface area (TPSA) is 97.6 Å². The number of carbonyl (C=O) groups is 1. The first-order chi connectivity index (χ1) is 10.8. The van der Waals surface area contributed by atoms with Gasteiger partial charge in [-0.1, -0.05) is 0 Å². The largest absolute Gasteiger partial charge is 0.494 e. The third-order valence-corrected chi connectivity index (χ3v) is 4.29. The van der Waals surface area contributed by atoms with Gasteiger partial charge in [-0.05, 0) is 51.1 Å². The zero-order chi connectivity index (χ0) is 17.0. The minimum atomic E-state index is -3.87. The first-order valence-corrected chi connectivity index (χ1v) is 8.44. The van der Waals surface area contributed by atoms with Gasteiger partial charge in [0.1, 0.15) is 17.3 Å². The summed E-state index contributed by atoms with van der Waals surface area (Å²) in [6.45, 7) is 5.65. The number of nitrogens with one attached hydrogen (secondary N) is 2. The van der Waals surface area contributed by atoms with Crippen LogP contribution in [-0.2, 0) is 10.0 Å². The molecule has 0 unspecified atom stereocenters. The molecule has 1 heterocycles. The quantitative estimate of drug-likeness (QED) is 0.784. The predicted molar refractivity (Wildman–Crippen MR) is 83.6 cm³/mol. The third-order valence-electron chi connectivity index (χ3n) is 3.03. The van der Waals surface area contributed by atoms with Gasteiger partial charge in [0.2, 0.25) is 0 Å². The molecular formula is C15H18N2O5S. The number of rotatable bonds is 6. The monoisotopic (exact) mass is 338 g/mol. The number of sulfonamides is 1. The van der Waals surface area contributed by atoms with Crippen LogP contribution in [0.4, 0.5) is 0 Å². The minimum Gasteiger partial charge on any atom is -0.494 e. The molecule has 0 aliphatic rings. The van der Waals surface area contributed by atoms with Crippen LogP contribution in [0, 0.1) is 13.8 Å². The average molecular weight is 338 g/mol. The number of benzene rings is 1. The van der Waals surface area contributed by atoms with Crippen LogP contribution in [0.5, 0.6) is 5.75 Å². The summed E-state index contributed by atoms with van der Waals surface area (Å²) in [6.07, 6.45) is 0. The standard InChI is InChI=1S/C15H18N2O5S/c1-4-21-12-5-7-13(8-6-12)23(19,20)17-16-15(18)14-9-10(2)22-11(14)3/h5-9,17H,4H2,1-3H3,(H,16,18). The Hall–Kier alpha value is -2.32. The van der Waals surface area contributed by atoms with Crippen molar-refractivity contribution in [3.63, 3.8) is 0 Å². The van der Waals surface area contributed by atoms with Crippen molar-refractivity contribution in [3.05, 3.63) is 47.4 Å². The number of hydrazine groups is 1. The van der Waals surface area contributed by atoms with Gasteiger partial charge < -0.3 is 9.15 Å². The summed E-state index contributed by atoms with van der Waals surface area (Å²) in [5.41, 5.74) is 2.44. The first kappa shape index (κ1) is 17.0. The van der Waals surface area contributed by atoms with E-state index in [-0.39, 0.29) is 10.5 Å². The second-order valence-corrected chi connectivity index (χ2v) is 6.47. The highest BCUT2D eigenvalue weighted by Crippen LogP contribution is 2.16. The molecule has 8 heteroatoms. The van der Waals surface area contributed by atoms with Crippen LogP contribution in [0.2, 0.25) is 0 Å². The van der Waals surface area contributed by atoms with E-state index in [4.69, 9.17) is 9.15 Å². The maximum atomic E-state index is 12.1. The van der Waals surface area contributed by atoms with Gasteiger partial charge in [0.15, 0.2) is 0 Å². The molecule has 0 fully saturated rings. The number of hydrogen-bond acceptors (Lipinski definition) is 5. The van der Waals surface area contributed by atoms with E-state index in [0.717, 1.165) is 0 Å². The number of ether oxygens (including phenoxy) is 1. The third kappa shape index (κ3) is 4.11. The summed E-state index contributed by atoms with van der Waals surface area (Å²) < 4.78 is 34.8. The molecule has 0 atom stereocenters. The fraction of sp³-hybridized carbons (Fsp3) is 0.267. The fourth-order valence-electron chi connectivity index (χ4n) is 1.98. The molecule has 7 nitrogen and oxygen atoms in total. The maximum absolute atomic E-state index is 12.1. The lowest BCUT2D eigenvalue weighted by molar-refractivity contribution is 0.0943. The Balaban J connectivity index is 2.06. The molecule has 0 saturated carbocycles. The van der Waals surface area contributed by atoms with Gasteiger partial charge in [-0.3, -0.25) is 10.2 Å². The predicted octanol–water partition coefficient (Wildman–Crippen LogP) is 1.92. The van der Waals surface area contributed by atoms with Crippen LogP contribution in [0.15, 0.2) is 39.6 Å². The molecule has 0 radical (unpaired) electrons. The second kappa shape index (κ2) is 6.84. The highest BCUT2D eigenvalue weighted by molar-refractivity contribution is 7.89. The van der Waals surface area contributed by atoms with Crippen molar-refractivity contribution in [2.75, 3.05) is 6.61 Å². The second-order valence-electron chi connectivity index (χ2n) is 4.79. The summed E-state index contributed by atoms with van der Waals surface area (Å²) in [5.74, 6) is 0.969. The van der Waals surface area contributed by atoms with Gasteiger partial charge in [-0.2, -0.15) is 0 Å². The lowest BCUT2D eigenvalue weighted by Crippen LogP contribution is -2.41. The van der Waals surface area contributed by atoms with Crippen LogP contribution in [0.3, 0.4) is 0 Å². The summed E-state index contributed by atoms with van der Waals surface area (Å²) in [7, 11) is -3.87. The first-order valence-electron chi connectivity index (χ1n) is 6.95. The van der Waals surface area contributed by atoms with E-state index >= 15 is 0 Å². The Morgan fingerprint density at radius 1 is 1.22 bits per heavy atom. The summed E-state index contributed by atoms with van der Waals surface area (Å²) >= 11 is 0. The minimum absolute atomic E-state index is 0.0151. The lowest BCUT2D eigenvalue weighted by atomic mass is 10.2. The number of carbonyl (C=O) groups excluding carboxylic acids is 1. The van der Waals surface area contributed by atoms with Crippen LogP contribution in [0.1, 0.15) is 28.8 Å². The van der Waals surface area contributed by atoms with E-state index in [1.807, 2.05) is 6.92 Å².